The van der Waals surface area contributed by atoms with Gasteiger partial charge in [0.1, 0.15) is 0 Å². The Bertz CT molecular complexity index is 1150. The van der Waals surface area contributed by atoms with Crippen molar-refractivity contribution >= 4 is 29.3 Å². The summed E-state index contributed by atoms with van der Waals surface area (Å²) in [6.45, 7) is 0.706. The molecule has 3 N–H and O–H groups in total. The number of nitrogens with zero attached hydrogens (tertiary/aromatic N) is 4. The van der Waals surface area contributed by atoms with E-state index in [0.29, 0.717) is 41.7 Å². The Morgan fingerprint density at radius 1 is 1.27 bits per heavy atom. The van der Waals surface area contributed by atoms with Gasteiger partial charge in [0.2, 0.25) is 5.91 Å². The second-order valence-electron chi connectivity index (χ2n) is 6.52. The average Bonchev–Trinajstić information content (AvgIpc) is 3.17. The Morgan fingerprint density at radius 2 is 2.00 bits per heavy atom. The number of benzene rings is 1. The summed E-state index contributed by atoms with van der Waals surface area (Å²) in [6.07, 6.45) is 2.06. The molecular weight excluding hydrogens is 394 g/mol. The molecule has 4 rings (SSSR count). The summed E-state index contributed by atoms with van der Waals surface area (Å²) in [6, 6.07) is 7.08. The quantitative estimate of drug-likeness (QED) is 0.521. The van der Waals surface area contributed by atoms with Crippen LogP contribution in [0.25, 0.3) is 10.9 Å². The summed E-state index contributed by atoms with van der Waals surface area (Å²) < 4.78 is 1.44. The smallest absolute Gasteiger partial charge is 0.356 e. The molecule has 0 saturated carbocycles. The van der Waals surface area contributed by atoms with E-state index in [9.17, 15) is 14.4 Å². The second-order valence-corrected chi connectivity index (χ2v) is 6.52. The van der Waals surface area contributed by atoms with Crippen LogP contribution in [0.4, 0.5) is 0 Å². The molecule has 1 aliphatic heterocycles. The fourth-order valence-electron chi connectivity index (χ4n) is 3.35. The first-order valence-corrected chi connectivity index (χ1v) is 9.05. The highest BCUT2D eigenvalue weighted by Crippen LogP contribution is 2.20. The zero-order chi connectivity index (χ0) is 21.7. The zero-order valence-electron chi connectivity index (χ0n) is 15.8. The summed E-state index contributed by atoms with van der Waals surface area (Å²) in [4.78, 5) is 50.4. The van der Waals surface area contributed by atoms with Crippen molar-refractivity contribution in [2.24, 2.45) is 0 Å². The maximum Gasteiger partial charge on any atom is 0.356 e. The molecule has 0 saturated heterocycles. The number of amides is 1. The van der Waals surface area contributed by atoms with Gasteiger partial charge in [0.25, 0.3) is 12.0 Å². The van der Waals surface area contributed by atoms with Crippen molar-refractivity contribution in [3.63, 3.8) is 0 Å². The maximum absolute atomic E-state index is 12.5. The van der Waals surface area contributed by atoms with E-state index in [-0.39, 0.29) is 36.6 Å². The Hall–Kier alpha value is -4.02. The van der Waals surface area contributed by atoms with Gasteiger partial charge in [-0.15, -0.1) is 0 Å². The normalized spacial score (nSPS) is 12.6. The van der Waals surface area contributed by atoms with Gasteiger partial charge in [0, 0.05) is 25.1 Å². The molecule has 0 radical (unpaired) electrons. The van der Waals surface area contributed by atoms with Crippen LogP contribution in [0.1, 0.15) is 28.2 Å². The van der Waals surface area contributed by atoms with E-state index >= 15 is 0 Å². The molecule has 0 atom stereocenters. The van der Waals surface area contributed by atoms with Crippen LogP contribution in [0.2, 0.25) is 0 Å². The highest BCUT2D eigenvalue weighted by atomic mass is 16.4. The van der Waals surface area contributed by atoms with Gasteiger partial charge < -0.3 is 15.1 Å². The summed E-state index contributed by atoms with van der Waals surface area (Å²) in [5, 5.41) is 23.0. The lowest BCUT2D eigenvalue weighted by atomic mass is 10.0. The van der Waals surface area contributed by atoms with E-state index in [1.807, 2.05) is 6.07 Å². The van der Waals surface area contributed by atoms with Crippen LogP contribution in [-0.2, 0) is 29.1 Å². The van der Waals surface area contributed by atoms with Crippen molar-refractivity contribution in [2.75, 3.05) is 6.54 Å². The number of carbonyl (C=O) groups is 3. The Morgan fingerprint density at radius 3 is 2.73 bits per heavy atom. The van der Waals surface area contributed by atoms with Crippen LogP contribution >= 0.6 is 0 Å². The van der Waals surface area contributed by atoms with Crippen LogP contribution < -0.4 is 5.56 Å². The van der Waals surface area contributed by atoms with Gasteiger partial charge in [-0.25, -0.2) is 9.78 Å². The number of aromatic nitrogens is 4. The first kappa shape index (κ1) is 20.7. The first-order valence-electron chi connectivity index (χ1n) is 9.05. The number of fused-ring (bicyclic) bond motifs is 2. The number of hydrogen-bond acceptors (Lipinski definition) is 6. The molecule has 0 aliphatic carbocycles. The number of carbonyl (C=O) groups excluding carboxylic acids is 1. The van der Waals surface area contributed by atoms with E-state index in [4.69, 9.17) is 15.0 Å². The lowest BCUT2D eigenvalue weighted by Crippen LogP contribution is -2.37. The monoisotopic (exact) mass is 413 g/mol. The summed E-state index contributed by atoms with van der Waals surface area (Å²) in [5.41, 5.74) is 1.78. The molecule has 0 spiro atoms. The predicted octanol–water partition coefficient (Wildman–Crippen LogP) is 0.494. The van der Waals surface area contributed by atoms with Gasteiger partial charge in [-0.3, -0.25) is 24.0 Å². The third kappa shape index (κ3) is 4.19. The fraction of sp³-hybridized carbons (Fsp3) is 0.263. The van der Waals surface area contributed by atoms with Crippen molar-refractivity contribution in [3.8, 4) is 0 Å². The molecule has 156 valence electrons. The highest BCUT2D eigenvalue weighted by Gasteiger charge is 2.27. The zero-order valence-corrected chi connectivity index (χ0v) is 15.8. The van der Waals surface area contributed by atoms with Gasteiger partial charge >= 0.3 is 5.97 Å². The maximum atomic E-state index is 12.5. The molecule has 0 fully saturated rings. The van der Waals surface area contributed by atoms with Crippen LogP contribution in [0.5, 0.6) is 0 Å². The minimum Gasteiger partial charge on any atom is -0.483 e. The third-order valence-corrected chi connectivity index (χ3v) is 4.79. The van der Waals surface area contributed by atoms with Crippen LogP contribution in [-0.4, -0.2) is 59.8 Å². The Kier molecular flexibility index (Phi) is 6.20. The Balaban J connectivity index is 0.000000806. The van der Waals surface area contributed by atoms with Crippen LogP contribution in [0.3, 0.4) is 0 Å². The van der Waals surface area contributed by atoms with Crippen molar-refractivity contribution in [1.82, 2.24) is 24.6 Å². The number of carboxylic acids is 1. The standard InChI is InChI=1S/C18H17N5O4.CH2O2/c24-15(22-7-5-11-14(9-22)20-21-16(11)18(26)27)6-8-23-10-19-13-4-2-1-3-12(13)17(23)25;2-1-3/h1-4,10H,5-9H2,(H,20,21)(H,26,27);1H,(H,2,3). The summed E-state index contributed by atoms with van der Waals surface area (Å²) in [5.74, 6) is -1.18. The molecule has 0 bridgehead atoms. The van der Waals surface area contributed by atoms with Crippen molar-refractivity contribution in [2.45, 2.75) is 25.9 Å². The molecule has 1 aromatic carbocycles. The van der Waals surface area contributed by atoms with Crippen LogP contribution in [0.15, 0.2) is 35.4 Å². The Labute approximate surface area is 169 Å². The fourth-order valence-corrected chi connectivity index (χ4v) is 3.35. The van der Waals surface area contributed by atoms with Crippen molar-refractivity contribution in [3.05, 3.63) is 57.9 Å². The SMILES string of the molecule is O=C(O)c1n[nH]c2c1CCN(C(=O)CCn1cnc3ccccc3c1=O)C2.O=CO. The number of nitrogens with one attached hydrogen (secondary N) is 1. The van der Waals surface area contributed by atoms with Crippen molar-refractivity contribution in [1.29, 1.82) is 0 Å². The number of H-pyrrole nitrogens is 1. The van der Waals surface area contributed by atoms with Crippen LogP contribution in [0, 0.1) is 0 Å². The number of aromatic carboxylic acids is 1. The molecule has 30 heavy (non-hydrogen) atoms. The number of aromatic amines is 1. The van der Waals surface area contributed by atoms with E-state index in [1.165, 1.54) is 10.9 Å². The van der Waals surface area contributed by atoms with E-state index in [1.54, 1.807) is 23.1 Å². The van der Waals surface area contributed by atoms with Gasteiger partial charge in [-0.05, 0) is 18.6 Å². The molecule has 1 amide bonds. The lowest BCUT2D eigenvalue weighted by molar-refractivity contribution is -0.132. The molecule has 0 unspecified atom stereocenters. The van der Waals surface area contributed by atoms with Gasteiger partial charge in [-0.1, -0.05) is 12.1 Å². The first-order chi connectivity index (χ1) is 14.5. The van der Waals surface area contributed by atoms with E-state index < -0.39 is 5.97 Å². The highest BCUT2D eigenvalue weighted by molar-refractivity contribution is 5.87. The molecule has 3 heterocycles. The van der Waals surface area contributed by atoms with E-state index in [2.05, 4.69) is 15.2 Å². The van der Waals surface area contributed by atoms with E-state index in [0.717, 1.165) is 0 Å². The minimum absolute atomic E-state index is 0.0193. The number of hydrogen-bond donors (Lipinski definition) is 3. The number of carboxylic acid groups (broad SMARTS) is 2. The summed E-state index contributed by atoms with van der Waals surface area (Å²) >= 11 is 0. The third-order valence-electron chi connectivity index (χ3n) is 4.79. The molecule has 11 heteroatoms. The molecular formula is C19H19N5O6. The minimum atomic E-state index is -1.07. The average molecular weight is 413 g/mol. The van der Waals surface area contributed by atoms with Gasteiger partial charge in [-0.2, -0.15) is 5.10 Å². The molecule has 1 aliphatic rings. The predicted molar refractivity (Wildman–Crippen MR) is 104 cm³/mol. The number of aryl methyl sites for hydroxylation is 1. The summed E-state index contributed by atoms with van der Waals surface area (Å²) in [7, 11) is 0. The molecule has 11 nitrogen and oxygen atoms in total. The second kappa shape index (κ2) is 8.99. The molecule has 3 aromatic rings. The van der Waals surface area contributed by atoms with Gasteiger partial charge in [0.15, 0.2) is 5.69 Å². The van der Waals surface area contributed by atoms with Crippen molar-refractivity contribution < 1.29 is 24.6 Å². The lowest BCUT2D eigenvalue weighted by Gasteiger charge is -2.26. The number of rotatable bonds is 4. The topological polar surface area (TPSA) is 158 Å². The largest absolute Gasteiger partial charge is 0.483 e. The number of para-hydroxylation sites is 1. The molecule has 2 aromatic heterocycles. The van der Waals surface area contributed by atoms with Gasteiger partial charge in [0.05, 0.1) is 29.5 Å².